The van der Waals surface area contributed by atoms with E-state index in [1.165, 1.54) is 30.5 Å². The monoisotopic (exact) mass is 364 g/mol. The normalized spacial score (nSPS) is 13.7. The molecule has 1 rings (SSSR count). The van der Waals surface area contributed by atoms with Gasteiger partial charge in [0, 0.05) is 18.7 Å². The Morgan fingerprint density at radius 2 is 1.88 bits per heavy atom. The first-order chi connectivity index (χ1) is 12.1. The maximum absolute atomic E-state index is 12.8. The van der Waals surface area contributed by atoms with Gasteiger partial charge in [-0.2, -0.15) is 0 Å². The summed E-state index contributed by atoms with van der Waals surface area (Å²) < 4.78 is 30.6. The van der Waals surface area contributed by atoms with Crippen LogP contribution in [0.25, 0.3) is 0 Å². The van der Waals surface area contributed by atoms with E-state index in [4.69, 9.17) is 10.1 Å². The van der Waals surface area contributed by atoms with E-state index in [1.54, 1.807) is 6.08 Å². The molecule has 1 unspecified atom stereocenters. The molecule has 0 bridgehead atoms. The fraction of sp³-hybridized carbons (Fsp3) is 0.400. The van der Waals surface area contributed by atoms with E-state index in [0.717, 1.165) is 12.5 Å². The van der Waals surface area contributed by atoms with Crippen molar-refractivity contribution < 1.29 is 18.3 Å². The van der Waals surface area contributed by atoms with Gasteiger partial charge >= 0.3 is 0 Å². The summed E-state index contributed by atoms with van der Waals surface area (Å²) in [6.07, 6.45) is 6.69. The minimum atomic E-state index is -2.91. The second kappa shape index (κ2) is 9.85. The number of carbonyl (C=O) groups is 1. The summed E-state index contributed by atoms with van der Waals surface area (Å²) in [5.74, 6) is -2.57. The Morgan fingerprint density at radius 1 is 1.27 bits per heavy atom. The van der Waals surface area contributed by atoms with Gasteiger partial charge in [0.2, 0.25) is 0 Å². The summed E-state index contributed by atoms with van der Waals surface area (Å²) in [5.41, 5.74) is 1.21. The minimum Gasteiger partial charge on any atom is -0.487 e. The van der Waals surface area contributed by atoms with Gasteiger partial charge in [-0.1, -0.05) is 26.0 Å². The third-order valence-corrected chi connectivity index (χ3v) is 3.41. The number of carbonyl (C=O) groups excluding carboxylic acids is 1. The molecule has 1 aromatic rings. The number of nitrogens with one attached hydrogen (secondary N) is 2. The van der Waals surface area contributed by atoms with Crippen molar-refractivity contribution in [3.05, 3.63) is 53.6 Å². The highest BCUT2D eigenvalue weighted by atomic mass is 19.3. The van der Waals surface area contributed by atoms with Crippen LogP contribution in [-0.2, 0) is 0 Å². The third kappa shape index (κ3) is 8.05. The lowest BCUT2D eigenvalue weighted by atomic mass is 10.0. The lowest BCUT2D eigenvalue weighted by Crippen LogP contribution is -2.33. The van der Waals surface area contributed by atoms with E-state index in [1.807, 2.05) is 32.9 Å². The van der Waals surface area contributed by atoms with Gasteiger partial charge in [0.25, 0.3) is 11.8 Å². The fourth-order valence-electron chi connectivity index (χ4n) is 2.02. The van der Waals surface area contributed by atoms with Gasteiger partial charge in [0.1, 0.15) is 5.75 Å². The first-order valence-corrected chi connectivity index (χ1v) is 8.43. The van der Waals surface area contributed by atoms with E-state index < -0.39 is 12.5 Å². The average molecular weight is 364 g/mol. The molecule has 0 radical (unpaired) electrons. The standard InChI is InChI=1S/C20H26F2N2O2/c1-14(2)5-6-16(11-12-23)15(3)24-19(25)17-7-9-18(10-8-17)26-13-20(4,21)22/h5-12,14-15,23H,13H2,1-4H3,(H,24,25)/b6-5+,16-11+,23-12?. The molecule has 142 valence electrons. The molecule has 0 spiro atoms. The van der Waals surface area contributed by atoms with Crippen LogP contribution >= 0.6 is 0 Å². The van der Waals surface area contributed by atoms with Crippen molar-refractivity contribution in [2.75, 3.05) is 6.61 Å². The van der Waals surface area contributed by atoms with Crippen LogP contribution in [0.3, 0.4) is 0 Å². The molecule has 1 aromatic carbocycles. The molecule has 0 aliphatic heterocycles. The molecule has 26 heavy (non-hydrogen) atoms. The van der Waals surface area contributed by atoms with Crippen molar-refractivity contribution in [1.82, 2.24) is 5.32 Å². The summed E-state index contributed by atoms with van der Waals surface area (Å²) >= 11 is 0. The molecule has 0 fully saturated rings. The number of rotatable bonds is 9. The first-order valence-electron chi connectivity index (χ1n) is 8.43. The van der Waals surface area contributed by atoms with Gasteiger partial charge in [-0.3, -0.25) is 4.79 Å². The van der Waals surface area contributed by atoms with Gasteiger partial charge in [0.15, 0.2) is 6.61 Å². The van der Waals surface area contributed by atoms with E-state index in [9.17, 15) is 13.6 Å². The zero-order valence-corrected chi connectivity index (χ0v) is 15.6. The van der Waals surface area contributed by atoms with Crippen molar-refractivity contribution in [1.29, 1.82) is 5.41 Å². The molecule has 0 heterocycles. The van der Waals surface area contributed by atoms with Crippen molar-refractivity contribution in [2.45, 2.75) is 39.7 Å². The van der Waals surface area contributed by atoms with E-state index in [0.29, 0.717) is 11.5 Å². The van der Waals surface area contributed by atoms with Crippen molar-refractivity contribution in [3.8, 4) is 5.75 Å². The molecule has 6 heteroatoms. The molecule has 0 saturated heterocycles. The van der Waals surface area contributed by atoms with Gasteiger partial charge in [-0.15, -0.1) is 0 Å². The number of benzene rings is 1. The predicted molar refractivity (Wildman–Crippen MR) is 100 cm³/mol. The molecule has 0 aromatic heterocycles. The number of halogens is 2. The van der Waals surface area contributed by atoms with Gasteiger partial charge < -0.3 is 15.5 Å². The van der Waals surface area contributed by atoms with Gasteiger partial charge in [0.05, 0.1) is 6.04 Å². The Balaban J connectivity index is 2.74. The molecule has 0 aliphatic carbocycles. The Hall–Kier alpha value is -2.50. The van der Waals surface area contributed by atoms with E-state index in [-0.39, 0.29) is 17.7 Å². The summed E-state index contributed by atoms with van der Waals surface area (Å²) in [4.78, 5) is 12.4. The maximum atomic E-state index is 12.8. The summed E-state index contributed by atoms with van der Waals surface area (Å²) in [6, 6.07) is 5.73. The fourth-order valence-corrected chi connectivity index (χ4v) is 2.02. The topological polar surface area (TPSA) is 62.2 Å². The van der Waals surface area contributed by atoms with Gasteiger partial charge in [-0.05, 0) is 48.8 Å². The first kappa shape index (κ1) is 21.5. The lowest BCUT2D eigenvalue weighted by Gasteiger charge is -2.16. The van der Waals surface area contributed by atoms with Crippen molar-refractivity contribution in [3.63, 3.8) is 0 Å². The number of amides is 1. The molecule has 2 N–H and O–H groups in total. The van der Waals surface area contributed by atoms with Crippen molar-refractivity contribution in [2.24, 2.45) is 5.92 Å². The molecule has 0 aliphatic rings. The second-order valence-electron chi connectivity index (χ2n) is 6.51. The number of allylic oxidation sites excluding steroid dienone is 2. The highest BCUT2D eigenvalue weighted by molar-refractivity contribution is 5.94. The number of hydrogen-bond acceptors (Lipinski definition) is 3. The van der Waals surface area contributed by atoms with Crippen LogP contribution in [0.2, 0.25) is 0 Å². The largest absolute Gasteiger partial charge is 0.487 e. The van der Waals surface area contributed by atoms with E-state index in [2.05, 4.69) is 5.32 Å². The Kier molecular flexibility index (Phi) is 8.16. The quantitative estimate of drug-likeness (QED) is 0.496. The summed E-state index contributed by atoms with van der Waals surface area (Å²) in [7, 11) is 0. The Morgan fingerprint density at radius 3 is 2.38 bits per heavy atom. The molecule has 1 amide bonds. The lowest BCUT2D eigenvalue weighted by molar-refractivity contribution is -0.0229. The maximum Gasteiger partial charge on any atom is 0.278 e. The van der Waals surface area contributed by atoms with Crippen molar-refractivity contribution >= 4 is 12.1 Å². The predicted octanol–water partition coefficient (Wildman–Crippen LogP) is 4.63. The highest BCUT2D eigenvalue weighted by Gasteiger charge is 2.22. The third-order valence-electron chi connectivity index (χ3n) is 3.41. The van der Waals surface area contributed by atoms with E-state index >= 15 is 0 Å². The van der Waals surface area contributed by atoms with Crippen LogP contribution in [0.5, 0.6) is 5.75 Å². The van der Waals surface area contributed by atoms with Crippen LogP contribution in [0, 0.1) is 11.3 Å². The molecular weight excluding hydrogens is 338 g/mol. The Labute approximate surface area is 153 Å². The molecule has 1 atom stereocenters. The van der Waals surface area contributed by atoms with Crippen LogP contribution < -0.4 is 10.1 Å². The molecule has 0 saturated carbocycles. The summed E-state index contributed by atoms with van der Waals surface area (Å²) in [6.45, 7) is 5.98. The molecule has 4 nitrogen and oxygen atoms in total. The van der Waals surface area contributed by atoms with Gasteiger partial charge in [-0.25, -0.2) is 8.78 Å². The number of alkyl halides is 2. The Bertz CT molecular complexity index is 659. The van der Waals surface area contributed by atoms with Crippen LogP contribution in [0.15, 0.2) is 48.1 Å². The minimum absolute atomic E-state index is 0.278. The van der Waals surface area contributed by atoms with Crippen LogP contribution in [-0.4, -0.2) is 30.7 Å². The zero-order valence-electron chi connectivity index (χ0n) is 15.6. The highest BCUT2D eigenvalue weighted by Crippen LogP contribution is 2.17. The van der Waals surface area contributed by atoms with Crippen LogP contribution in [0.4, 0.5) is 8.78 Å². The zero-order chi connectivity index (χ0) is 19.7. The summed E-state index contributed by atoms with van der Waals surface area (Å²) in [5, 5.41) is 10.1. The molecular formula is C20H26F2N2O2. The number of hydrogen-bond donors (Lipinski definition) is 2. The average Bonchev–Trinajstić information content (AvgIpc) is 2.56. The van der Waals surface area contributed by atoms with Crippen LogP contribution in [0.1, 0.15) is 38.1 Å². The SMILES string of the molecule is CC(C)/C=C/C(=C\C=N)C(C)NC(=O)c1ccc(OCC(C)(F)F)cc1. The second-order valence-corrected chi connectivity index (χ2v) is 6.51. The smallest absolute Gasteiger partial charge is 0.278 e. The number of ether oxygens (including phenoxy) is 1.